The van der Waals surface area contributed by atoms with Gasteiger partial charge in [-0.25, -0.2) is 0 Å². The number of unbranched alkanes of at least 4 members (excludes halogenated alkanes) is 2. The molecule has 0 rings (SSSR count). The lowest BCUT2D eigenvalue weighted by molar-refractivity contribution is 0.828. The zero-order valence-corrected chi connectivity index (χ0v) is 8.70. The van der Waals surface area contributed by atoms with Crippen LogP contribution in [0.4, 0.5) is 0 Å². The van der Waals surface area contributed by atoms with Crippen LogP contribution in [0.25, 0.3) is 0 Å². The lowest BCUT2D eigenvalue weighted by Gasteiger charge is -2.01. The fraction of sp³-hybridized carbons (Fsp3) is 0.600. The summed E-state index contributed by atoms with van der Waals surface area (Å²) in [5.41, 5.74) is 5.98. The largest absolute Gasteiger partial charge is 0.210 e. The maximum Gasteiger partial charge on any atom is 0.210 e. The summed E-state index contributed by atoms with van der Waals surface area (Å²) in [7, 11) is -1.56. The van der Waals surface area contributed by atoms with Crippen LogP contribution in [0.2, 0.25) is 13.1 Å². The predicted molar refractivity (Wildman–Crippen MR) is 53.6 cm³/mol. The minimum Gasteiger partial charge on any atom is -0.126 e. The standard InChI is InChI=1S/C10H16Si/c1-5-7-8-9-10-11(3,4)6-2/h2H,5,7-8H2,1,3-4H3. The zero-order chi connectivity index (χ0) is 8.74. The molecule has 0 aromatic heterocycles. The first kappa shape index (κ1) is 10.3. The minimum atomic E-state index is -1.56. The molecule has 0 atom stereocenters. The third kappa shape index (κ3) is 5.77. The van der Waals surface area contributed by atoms with Crippen LogP contribution in [-0.4, -0.2) is 8.07 Å². The summed E-state index contributed by atoms with van der Waals surface area (Å²) in [6.45, 7) is 6.38. The lowest BCUT2D eigenvalue weighted by Crippen LogP contribution is -2.20. The van der Waals surface area contributed by atoms with Gasteiger partial charge >= 0.3 is 0 Å². The molecule has 0 aromatic rings. The average molecular weight is 164 g/mol. The Labute approximate surface area is 71.4 Å². The highest BCUT2D eigenvalue weighted by atomic mass is 28.3. The van der Waals surface area contributed by atoms with E-state index in [2.05, 4.69) is 37.0 Å². The van der Waals surface area contributed by atoms with Crippen molar-refractivity contribution >= 4 is 8.07 Å². The van der Waals surface area contributed by atoms with Gasteiger partial charge in [0.1, 0.15) is 0 Å². The van der Waals surface area contributed by atoms with Crippen LogP contribution in [0, 0.1) is 23.4 Å². The molecular formula is C10H16Si. The Hall–Kier alpha value is -0.663. The lowest BCUT2D eigenvalue weighted by atomic mass is 10.3. The van der Waals surface area contributed by atoms with Crippen LogP contribution in [0.5, 0.6) is 0 Å². The van der Waals surface area contributed by atoms with E-state index < -0.39 is 8.07 Å². The highest BCUT2D eigenvalue weighted by Crippen LogP contribution is 1.97. The molecule has 0 N–H and O–H groups in total. The predicted octanol–water partition coefficient (Wildman–Crippen LogP) is 2.60. The first-order chi connectivity index (χ1) is 5.12. The molecule has 0 saturated carbocycles. The van der Waals surface area contributed by atoms with Crippen molar-refractivity contribution < 1.29 is 0 Å². The maximum absolute atomic E-state index is 5.33. The topological polar surface area (TPSA) is 0 Å². The molecule has 0 heterocycles. The summed E-state index contributed by atoms with van der Waals surface area (Å²) in [6.07, 6.45) is 8.75. The molecule has 0 saturated heterocycles. The van der Waals surface area contributed by atoms with E-state index in [1.54, 1.807) is 0 Å². The molecule has 0 fully saturated rings. The van der Waals surface area contributed by atoms with Crippen LogP contribution in [0.15, 0.2) is 0 Å². The molecule has 0 spiro atoms. The van der Waals surface area contributed by atoms with Gasteiger partial charge in [-0.1, -0.05) is 13.3 Å². The molecule has 0 amide bonds. The highest BCUT2D eigenvalue weighted by molar-refractivity contribution is 6.92. The first-order valence-electron chi connectivity index (χ1n) is 4.10. The Morgan fingerprint density at radius 3 is 2.45 bits per heavy atom. The van der Waals surface area contributed by atoms with E-state index in [-0.39, 0.29) is 0 Å². The van der Waals surface area contributed by atoms with E-state index in [0.717, 1.165) is 6.42 Å². The molecule has 0 bridgehead atoms. The van der Waals surface area contributed by atoms with E-state index in [1.807, 2.05) is 0 Å². The highest BCUT2D eigenvalue weighted by Gasteiger charge is 2.12. The van der Waals surface area contributed by atoms with Gasteiger partial charge < -0.3 is 0 Å². The van der Waals surface area contributed by atoms with Crippen LogP contribution < -0.4 is 0 Å². The SMILES string of the molecule is C#C[Si](C)(C)C#CCCCC. The Bertz CT molecular complexity index is 197. The van der Waals surface area contributed by atoms with Gasteiger partial charge in [-0.2, -0.15) is 0 Å². The molecule has 60 valence electrons. The molecule has 0 unspecified atom stereocenters. The molecule has 0 aliphatic heterocycles. The fourth-order valence-corrected chi connectivity index (χ4v) is 1.22. The summed E-state index contributed by atoms with van der Waals surface area (Å²) in [4.78, 5) is 0. The summed E-state index contributed by atoms with van der Waals surface area (Å²) >= 11 is 0. The van der Waals surface area contributed by atoms with Crippen molar-refractivity contribution in [2.24, 2.45) is 0 Å². The van der Waals surface area contributed by atoms with E-state index in [0.29, 0.717) is 0 Å². The smallest absolute Gasteiger partial charge is 0.126 e. The minimum absolute atomic E-state index is 1.01. The van der Waals surface area contributed by atoms with Crippen molar-refractivity contribution in [2.75, 3.05) is 0 Å². The van der Waals surface area contributed by atoms with Crippen LogP contribution >= 0.6 is 0 Å². The second-order valence-electron chi connectivity index (χ2n) is 3.17. The summed E-state index contributed by atoms with van der Waals surface area (Å²) in [5.74, 6) is 3.15. The number of hydrogen-bond donors (Lipinski definition) is 0. The molecule has 0 aliphatic rings. The van der Waals surface area contributed by atoms with Gasteiger partial charge in [0.2, 0.25) is 8.07 Å². The van der Waals surface area contributed by atoms with E-state index in [9.17, 15) is 0 Å². The van der Waals surface area contributed by atoms with Crippen LogP contribution in [0.1, 0.15) is 26.2 Å². The van der Waals surface area contributed by atoms with Gasteiger partial charge in [0.15, 0.2) is 0 Å². The molecule has 0 aliphatic carbocycles. The quantitative estimate of drug-likeness (QED) is 0.334. The maximum atomic E-state index is 5.33. The molecule has 11 heavy (non-hydrogen) atoms. The second-order valence-corrected chi connectivity index (χ2v) is 6.96. The Kier molecular flexibility index (Phi) is 4.74. The number of rotatable bonds is 2. The van der Waals surface area contributed by atoms with Gasteiger partial charge in [0, 0.05) is 6.42 Å². The van der Waals surface area contributed by atoms with Gasteiger partial charge in [0.05, 0.1) is 0 Å². The number of hydrogen-bond acceptors (Lipinski definition) is 0. The van der Waals surface area contributed by atoms with Crippen LogP contribution in [-0.2, 0) is 0 Å². The second kappa shape index (κ2) is 5.05. The summed E-state index contributed by atoms with van der Waals surface area (Å²) in [6, 6.07) is 0. The third-order valence-electron chi connectivity index (χ3n) is 1.42. The van der Waals surface area contributed by atoms with Crippen molar-refractivity contribution in [1.29, 1.82) is 0 Å². The van der Waals surface area contributed by atoms with E-state index in [4.69, 9.17) is 6.42 Å². The monoisotopic (exact) mass is 164 g/mol. The van der Waals surface area contributed by atoms with Gasteiger partial charge in [-0.05, 0) is 19.5 Å². The normalized spacial score (nSPS) is 9.64. The van der Waals surface area contributed by atoms with E-state index in [1.165, 1.54) is 12.8 Å². The van der Waals surface area contributed by atoms with Gasteiger partial charge in [-0.3, -0.25) is 0 Å². The molecular weight excluding hydrogens is 148 g/mol. The van der Waals surface area contributed by atoms with Crippen LogP contribution in [0.3, 0.4) is 0 Å². The molecule has 1 heteroatoms. The van der Waals surface area contributed by atoms with Gasteiger partial charge in [-0.15, -0.1) is 23.4 Å². The third-order valence-corrected chi connectivity index (χ3v) is 2.94. The van der Waals surface area contributed by atoms with Crippen molar-refractivity contribution in [3.8, 4) is 23.4 Å². The first-order valence-corrected chi connectivity index (χ1v) is 7.10. The van der Waals surface area contributed by atoms with Crippen molar-refractivity contribution in [2.45, 2.75) is 39.3 Å². The molecule has 0 radical (unpaired) electrons. The average Bonchev–Trinajstić information content (AvgIpc) is 1.99. The summed E-state index contributed by atoms with van der Waals surface area (Å²) in [5, 5.41) is 0. The van der Waals surface area contributed by atoms with Crippen molar-refractivity contribution in [3.63, 3.8) is 0 Å². The Morgan fingerprint density at radius 1 is 1.36 bits per heavy atom. The number of terminal acetylenes is 1. The Morgan fingerprint density at radius 2 is 2.00 bits per heavy atom. The van der Waals surface area contributed by atoms with Crippen molar-refractivity contribution in [3.05, 3.63) is 0 Å². The summed E-state index contributed by atoms with van der Waals surface area (Å²) < 4.78 is 0. The fourth-order valence-electron chi connectivity index (χ4n) is 0.585. The Balaban J connectivity index is 3.79. The van der Waals surface area contributed by atoms with Gasteiger partial charge in [0.25, 0.3) is 0 Å². The van der Waals surface area contributed by atoms with E-state index >= 15 is 0 Å². The molecule has 0 aromatic carbocycles. The molecule has 0 nitrogen and oxygen atoms in total. The zero-order valence-electron chi connectivity index (χ0n) is 7.70. The van der Waals surface area contributed by atoms with Crippen molar-refractivity contribution in [1.82, 2.24) is 0 Å².